The van der Waals surface area contributed by atoms with E-state index in [1.54, 1.807) is 11.6 Å². The van der Waals surface area contributed by atoms with Gasteiger partial charge in [-0.05, 0) is 0 Å². The second-order valence-electron chi connectivity index (χ2n) is 3.08. The number of nitrogens with one attached hydrogen (secondary N) is 2. The lowest BCUT2D eigenvalue weighted by atomic mass is 10.6. The third kappa shape index (κ3) is 3.57. The molecule has 94 valence electrons. The van der Waals surface area contributed by atoms with Crippen LogP contribution in [0.15, 0.2) is 27.6 Å². The van der Waals surface area contributed by atoms with E-state index in [1.807, 2.05) is 0 Å². The summed E-state index contributed by atoms with van der Waals surface area (Å²) in [5.41, 5.74) is -0.467. The van der Waals surface area contributed by atoms with E-state index in [4.69, 9.17) is 5.11 Å². The van der Waals surface area contributed by atoms with Gasteiger partial charge in [-0.1, -0.05) is 11.8 Å². The van der Waals surface area contributed by atoms with Gasteiger partial charge in [0, 0.05) is 11.6 Å². The fourth-order valence-corrected chi connectivity index (χ4v) is 2.28. The van der Waals surface area contributed by atoms with E-state index in [2.05, 4.69) is 20.3 Å². The molecule has 18 heavy (non-hydrogen) atoms. The van der Waals surface area contributed by atoms with E-state index in [0.29, 0.717) is 5.13 Å². The molecule has 2 aromatic rings. The number of thiazole rings is 1. The molecule has 1 amide bonds. The Balaban J connectivity index is 1.91. The maximum Gasteiger partial charge on any atom is 0.255 e. The largest absolute Gasteiger partial charge is 0.493 e. The number of aromatic hydroxyl groups is 1. The van der Waals surface area contributed by atoms with Gasteiger partial charge in [0.2, 0.25) is 11.8 Å². The Morgan fingerprint density at radius 1 is 1.61 bits per heavy atom. The topological polar surface area (TPSA) is 108 Å². The minimum atomic E-state index is -0.467. The number of amides is 1. The van der Waals surface area contributed by atoms with E-state index in [0.717, 1.165) is 17.8 Å². The highest BCUT2D eigenvalue weighted by atomic mass is 32.2. The van der Waals surface area contributed by atoms with Crippen LogP contribution in [-0.4, -0.2) is 31.7 Å². The smallest absolute Gasteiger partial charge is 0.255 e. The molecule has 0 unspecified atom stereocenters. The minimum Gasteiger partial charge on any atom is -0.493 e. The number of aromatic amines is 1. The van der Waals surface area contributed by atoms with Gasteiger partial charge in [0.15, 0.2) is 10.3 Å². The summed E-state index contributed by atoms with van der Waals surface area (Å²) in [6.45, 7) is 0. The lowest BCUT2D eigenvalue weighted by molar-refractivity contribution is -0.113. The van der Waals surface area contributed by atoms with Crippen LogP contribution < -0.4 is 10.9 Å². The number of anilines is 1. The zero-order chi connectivity index (χ0) is 13.0. The number of thioether (sulfide) groups is 1. The molecule has 0 atom stereocenters. The van der Waals surface area contributed by atoms with Crippen LogP contribution in [0.1, 0.15) is 0 Å². The van der Waals surface area contributed by atoms with Gasteiger partial charge in [0.25, 0.3) is 5.56 Å². The molecule has 2 heterocycles. The average molecular weight is 284 g/mol. The summed E-state index contributed by atoms with van der Waals surface area (Å²) in [6.07, 6.45) is 1.59. The second kappa shape index (κ2) is 5.65. The van der Waals surface area contributed by atoms with Gasteiger partial charge in [0.05, 0.1) is 11.8 Å². The molecule has 0 aliphatic carbocycles. The highest BCUT2D eigenvalue weighted by Gasteiger charge is 2.07. The number of aromatic nitrogens is 3. The summed E-state index contributed by atoms with van der Waals surface area (Å²) in [6, 6.07) is 0.958. The molecule has 0 bridgehead atoms. The summed E-state index contributed by atoms with van der Waals surface area (Å²) in [5, 5.41) is 14.1. The standard InChI is InChI=1S/C9H8N4O3S2/c14-5-3-6(15)12-9(11-5)18-4-7(16)13-8-10-1-2-17-8/h1-3H,4H2,(H,10,13,16)(H2,11,12,14,15). The SMILES string of the molecule is O=C(CSc1nc(O)cc(=O)[nH]1)Nc1nccs1. The molecule has 0 saturated carbocycles. The maximum atomic E-state index is 11.5. The van der Waals surface area contributed by atoms with Crippen molar-refractivity contribution in [3.8, 4) is 5.88 Å². The van der Waals surface area contributed by atoms with E-state index in [9.17, 15) is 9.59 Å². The van der Waals surface area contributed by atoms with Gasteiger partial charge >= 0.3 is 0 Å². The fraction of sp³-hybridized carbons (Fsp3) is 0.111. The van der Waals surface area contributed by atoms with Crippen LogP contribution >= 0.6 is 23.1 Å². The molecule has 2 rings (SSSR count). The van der Waals surface area contributed by atoms with Crippen LogP contribution in [0.2, 0.25) is 0 Å². The number of carbonyl (C=O) groups is 1. The summed E-state index contributed by atoms with van der Waals surface area (Å²) < 4.78 is 0. The summed E-state index contributed by atoms with van der Waals surface area (Å²) in [5.74, 6) is -0.575. The average Bonchev–Trinajstić information content (AvgIpc) is 2.78. The quantitative estimate of drug-likeness (QED) is 0.562. The van der Waals surface area contributed by atoms with Crippen molar-refractivity contribution >= 4 is 34.1 Å². The van der Waals surface area contributed by atoms with Gasteiger partial charge in [-0.25, -0.2) is 4.98 Å². The highest BCUT2D eigenvalue weighted by Crippen LogP contribution is 2.15. The predicted octanol–water partition coefficient (Wildman–Crippen LogP) is 0.663. The van der Waals surface area contributed by atoms with Crippen LogP contribution in [0.3, 0.4) is 0 Å². The second-order valence-corrected chi connectivity index (χ2v) is 4.94. The predicted molar refractivity (Wildman–Crippen MR) is 68.0 cm³/mol. The summed E-state index contributed by atoms with van der Waals surface area (Å²) >= 11 is 2.33. The Morgan fingerprint density at radius 3 is 3.11 bits per heavy atom. The van der Waals surface area contributed by atoms with Crippen LogP contribution in [0.4, 0.5) is 5.13 Å². The van der Waals surface area contributed by atoms with Crippen molar-refractivity contribution in [3.05, 3.63) is 28.0 Å². The molecular formula is C9H8N4O3S2. The zero-order valence-corrected chi connectivity index (χ0v) is 10.5. The number of carbonyl (C=O) groups excluding carboxylic acids is 1. The Hall–Kier alpha value is -1.87. The molecule has 0 saturated heterocycles. The van der Waals surface area contributed by atoms with E-state index >= 15 is 0 Å². The van der Waals surface area contributed by atoms with Crippen molar-refractivity contribution in [2.75, 3.05) is 11.1 Å². The van der Waals surface area contributed by atoms with E-state index in [1.165, 1.54) is 11.3 Å². The number of rotatable bonds is 4. The first kappa shape index (κ1) is 12.6. The van der Waals surface area contributed by atoms with Gasteiger partial charge < -0.3 is 15.4 Å². The number of nitrogens with zero attached hydrogens (tertiary/aromatic N) is 2. The van der Waals surface area contributed by atoms with E-state index in [-0.39, 0.29) is 22.7 Å². The van der Waals surface area contributed by atoms with Crippen molar-refractivity contribution in [1.29, 1.82) is 0 Å². The monoisotopic (exact) mass is 284 g/mol. The first-order valence-electron chi connectivity index (χ1n) is 4.76. The minimum absolute atomic E-state index is 0.0615. The normalized spacial score (nSPS) is 10.2. The molecule has 2 aromatic heterocycles. The van der Waals surface area contributed by atoms with Crippen LogP contribution in [0, 0.1) is 0 Å². The first-order valence-corrected chi connectivity index (χ1v) is 6.62. The third-order valence-corrected chi connectivity index (χ3v) is 3.29. The molecule has 0 spiro atoms. The van der Waals surface area contributed by atoms with E-state index < -0.39 is 5.56 Å². The fourth-order valence-electron chi connectivity index (χ4n) is 1.07. The summed E-state index contributed by atoms with van der Waals surface area (Å²) in [4.78, 5) is 32.5. The maximum absolute atomic E-state index is 11.5. The highest BCUT2D eigenvalue weighted by molar-refractivity contribution is 7.99. The molecule has 0 fully saturated rings. The molecule has 0 aliphatic heterocycles. The lowest BCUT2D eigenvalue weighted by Gasteiger charge is -2.01. The Labute approximate surface area is 109 Å². The van der Waals surface area contributed by atoms with Crippen molar-refractivity contribution in [3.63, 3.8) is 0 Å². The Morgan fingerprint density at radius 2 is 2.44 bits per heavy atom. The van der Waals surface area contributed by atoms with Crippen molar-refractivity contribution < 1.29 is 9.90 Å². The molecular weight excluding hydrogens is 276 g/mol. The van der Waals surface area contributed by atoms with Crippen molar-refractivity contribution in [1.82, 2.24) is 15.0 Å². The molecule has 3 N–H and O–H groups in total. The first-order chi connectivity index (χ1) is 8.63. The van der Waals surface area contributed by atoms with Crippen molar-refractivity contribution in [2.24, 2.45) is 0 Å². The number of H-pyrrole nitrogens is 1. The molecule has 0 aliphatic rings. The third-order valence-electron chi connectivity index (χ3n) is 1.73. The van der Waals surface area contributed by atoms with Gasteiger partial charge in [-0.15, -0.1) is 11.3 Å². The van der Waals surface area contributed by atoms with Crippen LogP contribution in [-0.2, 0) is 4.79 Å². The summed E-state index contributed by atoms with van der Waals surface area (Å²) in [7, 11) is 0. The molecule has 9 heteroatoms. The van der Waals surface area contributed by atoms with Crippen LogP contribution in [0.25, 0.3) is 0 Å². The molecule has 0 radical (unpaired) electrons. The zero-order valence-electron chi connectivity index (χ0n) is 8.91. The Bertz CT molecular complexity index is 596. The number of hydrogen-bond acceptors (Lipinski definition) is 7. The number of hydrogen-bond donors (Lipinski definition) is 3. The van der Waals surface area contributed by atoms with Crippen LogP contribution in [0.5, 0.6) is 5.88 Å². The lowest BCUT2D eigenvalue weighted by Crippen LogP contribution is -2.15. The van der Waals surface area contributed by atoms with Gasteiger partial charge in [0.1, 0.15) is 0 Å². The molecule has 0 aromatic carbocycles. The van der Waals surface area contributed by atoms with Gasteiger partial charge in [-0.2, -0.15) is 4.98 Å². The molecule has 7 nitrogen and oxygen atoms in total. The van der Waals surface area contributed by atoms with Gasteiger partial charge in [-0.3, -0.25) is 9.59 Å². The Kier molecular flexibility index (Phi) is 3.95. The van der Waals surface area contributed by atoms with Crippen molar-refractivity contribution in [2.45, 2.75) is 5.16 Å².